The van der Waals surface area contributed by atoms with Gasteiger partial charge in [0, 0.05) is 31.5 Å². The molecule has 1 aliphatic rings. The van der Waals surface area contributed by atoms with Gasteiger partial charge in [0.05, 0.1) is 11.1 Å². The van der Waals surface area contributed by atoms with Crippen LogP contribution < -0.4 is 0 Å². The Bertz CT molecular complexity index is 665. The molecule has 5 nitrogen and oxygen atoms in total. The second kappa shape index (κ2) is 6.40. The van der Waals surface area contributed by atoms with Crippen molar-refractivity contribution in [1.82, 2.24) is 19.8 Å². The Labute approximate surface area is 131 Å². The monoisotopic (exact) mass is 298 g/mol. The summed E-state index contributed by atoms with van der Waals surface area (Å²) >= 11 is 0. The number of amides is 1. The number of fused-ring (bicyclic) bond motifs is 1. The lowest BCUT2D eigenvalue weighted by Gasteiger charge is -2.28. The first-order valence-electron chi connectivity index (χ1n) is 7.82. The largest absolute Gasteiger partial charge is 0.337 e. The van der Waals surface area contributed by atoms with Crippen LogP contribution in [0, 0.1) is 0 Å². The van der Waals surface area contributed by atoms with Crippen LogP contribution >= 0.6 is 0 Å². The molecule has 1 amide bonds. The van der Waals surface area contributed by atoms with E-state index < -0.39 is 0 Å². The second-order valence-electron chi connectivity index (χ2n) is 6.09. The molecule has 1 aromatic carbocycles. The molecule has 116 valence electrons. The molecule has 1 aromatic heterocycles. The molecule has 0 N–H and O–H groups in total. The van der Waals surface area contributed by atoms with Crippen LogP contribution in [0.2, 0.25) is 0 Å². The molecule has 2 heterocycles. The number of benzene rings is 1. The second-order valence-corrected chi connectivity index (χ2v) is 6.09. The number of aromatic nitrogens is 2. The fraction of sp³-hybridized carbons (Fsp3) is 0.471. The fourth-order valence-corrected chi connectivity index (χ4v) is 3.06. The van der Waals surface area contributed by atoms with Crippen LogP contribution in [0.15, 0.2) is 30.6 Å². The van der Waals surface area contributed by atoms with Crippen LogP contribution in [0.5, 0.6) is 0 Å². The van der Waals surface area contributed by atoms with Gasteiger partial charge < -0.3 is 9.80 Å². The normalized spacial score (nSPS) is 19.4. The van der Waals surface area contributed by atoms with Gasteiger partial charge in [-0.15, -0.1) is 0 Å². The minimum absolute atomic E-state index is 0.0693. The minimum Gasteiger partial charge on any atom is -0.337 e. The van der Waals surface area contributed by atoms with E-state index in [1.165, 1.54) is 6.42 Å². The Hall–Kier alpha value is -2.01. The molecule has 0 radical (unpaired) electrons. The zero-order chi connectivity index (χ0) is 15.5. The highest BCUT2D eigenvalue weighted by molar-refractivity contribution is 6.04. The van der Waals surface area contributed by atoms with Gasteiger partial charge in [0.1, 0.15) is 5.52 Å². The van der Waals surface area contributed by atoms with Crippen LogP contribution in [0.3, 0.4) is 0 Å². The summed E-state index contributed by atoms with van der Waals surface area (Å²) in [6.45, 7) is 1.60. The van der Waals surface area contributed by atoms with E-state index in [1.807, 2.05) is 23.1 Å². The first kappa shape index (κ1) is 14.9. The van der Waals surface area contributed by atoms with E-state index in [1.54, 1.807) is 12.4 Å². The number of nitrogens with zero attached hydrogens (tertiary/aromatic N) is 4. The smallest absolute Gasteiger partial charge is 0.256 e. The first-order chi connectivity index (χ1) is 10.7. The number of carbonyl (C=O) groups is 1. The molecule has 0 saturated carbocycles. The Kier molecular flexibility index (Phi) is 4.34. The van der Waals surface area contributed by atoms with Crippen molar-refractivity contribution < 1.29 is 4.79 Å². The lowest BCUT2D eigenvalue weighted by Crippen LogP contribution is -2.42. The molecule has 5 heteroatoms. The predicted octanol–water partition coefficient (Wildman–Crippen LogP) is 2.19. The third-order valence-electron chi connectivity index (χ3n) is 4.39. The standard InChI is InChI=1S/C17H22N4O/c1-20(2)13-6-3-4-11-21(12-13)17(22)14-7-5-8-15-16(14)19-10-9-18-15/h5,7-10,13H,3-4,6,11-12H2,1-2H3/t13-/m0/s1. The van der Waals surface area contributed by atoms with Gasteiger partial charge in [-0.05, 0) is 39.1 Å². The van der Waals surface area contributed by atoms with Gasteiger partial charge in [-0.3, -0.25) is 14.8 Å². The lowest BCUT2D eigenvalue weighted by atomic mass is 10.1. The van der Waals surface area contributed by atoms with E-state index in [0.29, 0.717) is 17.1 Å². The molecular weight excluding hydrogens is 276 g/mol. The topological polar surface area (TPSA) is 49.3 Å². The number of hydrogen-bond acceptors (Lipinski definition) is 4. The molecule has 2 aromatic rings. The average molecular weight is 298 g/mol. The maximum Gasteiger partial charge on any atom is 0.256 e. The Balaban J connectivity index is 1.91. The molecule has 1 fully saturated rings. The first-order valence-corrected chi connectivity index (χ1v) is 7.82. The highest BCUT2D eigenvalue weighted by atomic mass is 16.2. The number of likely N-dealkylation sites (tertiary alicyclic amines) is 1. The summed E-state index contributed by atoms with van der Waals surface area (Å²) in [7, 11) is 4.17. The summed E-state index contributed by atoms with van der Waals surface area (Å²) in [6, 6.07) is 6.05. The van der Waals surface area contributed by atoms with Crippen molar-refractivity contribution in [3.8, 4) is 0 Å². The SMILES string of the molecule is CN(C)[C@H]1CCCCN(C(=O)c2cccc3nccnc23)C1. The van der Waals surface area contributed by atoms with E-state index in [9.17, 15) is 4.79 Å². The molecular formula is C17H22N4O. The van der Waals surface area contributed by atoms with Crippen molar-refractivity contribution in [3.05, 3.63) is 36.2 Å². The van der Waals surface area contributed by atoms with Crippen LogP contribution in [0.4, 0.5) is 0 Å². The van der Waals surface area contributed by atoms with Crippen LogP contribution in [-0.4, -0.2) is 58.9 Å². The van der Waals surface area contributed by atoms with Crippen molar-refractivity contribution in [2.75, 3.05) is 27.2 Å². The quantitative estimate of drug-likeness (QED) is 0.853. The molecule has 3 rings (SSSR count). The van der Waals surface area contributed by atoms with Crippen molar-refractivity contribution in [3.63, 3.8) is 0 Å². The Morgan fingerprint density at radius 1 is 1.23 bits per heavy atom. The van der Waals surface area contributed by atoms with Crippen molar-refractivity contribution in [1.29, 1.82) is 0 Å². The van der Waals surface area contributed by atoms with E-state index in [0.717, 1.165) is 31.4 Å². The summed E-state index contributed by atoms with van der Waals surface area (Å²) in [6.07, 6.45) is 6.68. The van der Waals surface area contributed by atoms with E-state index >= 15 is 0 Å². The Morgan fingerprint density at radius 3 is 2.86 bits per heavy atom. The van der Waals surface area contributed by atoms with Gasteiger partial charge in [-0.1, -0.05) is 12.5 Å². The van der Waals surface area contributed by atoms with Gasteiger partial charge in [0.25, 0.3) is 5.91 Å². The average Bonchev–Trinajstić information content (AvgIpc) is 2.80. The highest BCUT2D eigenvalue weighted by Crippen LogP contribution is 2.20. The summed E-state index contributed by atoms with van der Waals surface area (Å²) in [5.74, 6) is 0.0693. The lowest BCUT2D eigenvalue weighted by molar-refractivity contribution is 0.0727. The molecule has 0 unspecified atom stereocenters. The van der Waals surface area contributed by atoms with E-state index in [2.05, 4.69) is 29.0 Å². The van der Waals surface area contributed by atoms with Gasteiger partial charge in [0.2, 0.25) is 0 Å². The van der Waals surface area contributed by atoms with Crippen LogP contribution in [-0.2, 0) is 0 Å². The third kappa shape index (κ3) is 2.95. The number of likely N-dealkylation sites (N-methyl/N-ethyl adjacent to an activating group) is 1. The molecule has 1 aliphatic heterocycles. The van der Waals surface area contributed by atoms with Gasteiger partial charge in [-0.2, -0.15) is 0 Å². The molecule has 22 heavy (non-hydrogen) atoms. The predicted molar refractivity (Wildman–Crippen MR) is 86.8 cm³/mol. The van der Waals surface area contributed by atoms with Crippen molar-refractivity contribution in [2.24, 2.45) is 0 Å². The van der Waals surface area contributed by atoms with Gasteiger partial charge >= 0.3 is 0 Å². The summed E-state index contributed by atoms with van der Waals surface area (Å²) in [5.41, 5.74) is 2.12. The van der Waals surface area contributed by atoms with E-state index in [4.69, 9.17) is 0 Å². The Morgan fingerprint density at radius 2 is 2.05 bits per heavy atom. The third-order valence-corrected chi connectivity index (χ3v) is 4.39. The maximum absolute atomic E-state index is 13.0. The summed E-state index contributed by atoms with van der Waals surface area (Å²) in [5, 5.41) is 0. The van der Waals surface area contributed by atoms with E-state index in [-0.39, 0.29) is 5.91 Å². The summed E-state index contributed by atoms with van der Waals surface area (Å²) < 4.78 is 0. The number of carbonyl (C=O) groups excluding carboxylic acids is 1. The van der Waals surface area contributed by atoms with Crippen LogP contribution in [0.1, 0.15) is 29.6 Å². The van der Waals surface area contributed by atoms with Gasteiger partial charge in [0.15, 0.2) is 0 Å². The number of hydrogen-bond donors (Lipinski definition) is 0. The molecule has 1 atom stereocenters. The molecule has 0 bridgehead atoms. The minimum atomic E-state index is 0.0693. The van der Waals surface area contributed by atoms with Gasteiger partial charge in [-0.25, -0.2) is 0 Å². The molecule has 0 aliphatic carbocycles. The number of rotatable bonds is 2. The highest BCUT2D eigenvalue weighted by Gasteiger charge is 2.25. The zero-order valence-electron chi connectivity index (χ0n) is 13.2. The van der Waals surface area contributed by atoms with Crippen molar-refractivity contribution >= 4 is 16.9 Å². The van der Waals surface area contributed by atoms with Crippen molar-refractivity contribution in [2.45, 2.75) is 25.3 Å². The number of para-hydroxylation sites is 1. The molecule has 0 spiro atoms. The zero-order valence-corrected chi connectivity index (χ0v) is 13.2. The fourth-order valence-electron chi connectivity index (χ4n) is 3.06. The summed E-state index contributed by atoms with van der Waals surface area (Å²) in [4.78, 5) is 25.8. The maximum atomic E-state index is 13.0. The molecule has 1 saturated heterocycles. The van der Waals surface area contributed by atoms with Crippen LogP contribution in [0.25, 0.3) is 11.0 Å².